The van der Waals surface area contributed by atoms with E-state index in [0.29, 0.717) is 18.0 Å². The minimum absolute atomic E-state index is 0.0907. The quantitative estimate of drug-likeness (QED) is 0.621. The number of benzene rings is 3. The predicted molar refractivity (Wildman–Crippen MR) is 123 cm³/mol. The van der Waals surface area contributed by atoms with Gasteiger partial charge in [-0.05, 0) is 53.8 Å². The van der Waals surface area contributed by atoms with Gasteiger partial charge in [0.05, 0.1) is 17.4 Å². The van der Waals surface area contributed by atoms with Crippen molar-refractivity contribution in [1.29, 1.82) is 0 Å². The average Bonchev–Trinajstić information content (AvgIpc) is 2.79. The Balaban J connectivity index is 1.41. The molecule has 4 rings (SSSR count). The molecule has 0 aromatic heterocycles. The number of nitrogens with zero attached hydrogens (tertiary/aromatic N) is 1. The van der Waals surface area contributed by atoms with Crippen molar-refractivity contribution < 1.29 is 13.2 Å². The minimum atomic E-state index is -3.45. The van der Waals surface area contributed by atoms with E-state index in [1.54, 1.807) is 28.6 Å². The van der Waals surface area contributed by atoms with Gasteiger partial charge in [0.1, 0.15) is 0 Å². The molecule has 1 fully saturated rings. The summed E-state index contributed by atoms with van der Waals surface area (Å²) in [6, 6.07) is 20.8. The highest BCUT2D eigenvalue weighted by molar-refractivity contribution is 7.89. The second-order valence-corrected chi connectivity index (χ2v) is 10.1. The van der Waals surface area contributed by atoms with Crippen molar-refractivity contribution in [2.45, 2.75) is 43.5 Å². The van der Waals surface area contributed by atoms with Crippen LogP contribution in [0.15, 0.2) is 71.6 Å². The van der Waals surface area contributed by atoms with E-state index in [1.165, 1.54) is 0 Å². The maximum absolute atomic E-state index is 12.8. The summed E-state index contributed by atoms with van der Waals surface area (Å²) in [7, 11) is -3.45. The van der Waals surface area contributed by atoms with E-state index in [9.17, 15) is 13.2 Å². The summed E-state index contributed by atoms with van der Waals surface area (Å²) in [5.74, 6) is -0.0907. The van der Waals surface area contributed by atoms with Crippen LogP contribution in [0, 0.1) is 0 Å². The Morgan fingerprint density at radius 2 is 1.61 bits per heavy atom. The highest BCUT2D eigenvalue weighted by Gasteiger charge is 2.25. The van der Waals surface area contributed by atoms with Gasteiger partial charge in [-0.3, -0.25) is 4.79 Å². The fraction of sp³-hybridized carbons (Fsp3) is 0.320. The van der Waals surface area contributed by atoms with Gasteiger partial charge in [-0.15, -0.1) is 0 Å². The Morgan fingerprint density at radius 1 is 0.935 bits per heavy atom. The third-order valence-corrected chi connectivity index (χ3v) is 7.82. The molecule has 0 radical (unpaired) electrons. The smallest absolute Gasteiger partial charge is 0.243 e. The number of fused-ring (bicyclic) bond motifs is 1. The van der Waals surface area contributed by atoms with Crippen molar-refractivity contribution in [2.24, 2.45) is 0 Å². The molecule has 0 spiro atoms. The Bertz CT molecular complexity index is 1160. The van der Waals surface area contributed by atoms with Gasteiger partial charge < -0.3 is 5.32 Å². The Hall–Kier alpha value is -2.70. The molecule has 0 aliphatic carbocycles. The number of carbonyl (C=O) groups is 1. The van der Waals surface area contributed by atoms with Crippen molar-refractivity contribution in [3.8, 4) is 0 Å². The number of carbonyl (C=O) groups excluding carboxylic acids is 1. The first-order chi connectivity index (χ1) is 14.9. The first-order valence-corrected chi connectivity index (χ1v) is 12.3. The third kappa shape index (κ3) is 4.81. The SMILES string of the molecule is CC(NC(=O)Cc1ccc(S(=O)(=O)N2CCCCC2)cc1)c1cccc2ccccc12. The van der Waals surface area contributed by atoms with Crippen LogP contribution in [0.3, 0.4) is 0 Å². The van der Waals surface area contributed by atoms with Crippen LogP contribution in [0.1, 0.15) is 43.4 Å². The number of piperidine rings is 1. The van der Waals surface area contributed by atoms with Crippen LogP contribution in [-0.4, -0.2) is 31.7 Å². The van der Waals surface area contributed by atoms with Gasteiger partial charge in [0.2, 0.25) is 15.9 Å². The molecule has 1 heterocycles. The minimum Gasteiger partial charge on any atom is -0.349 e. The summed E-state index contributed by atoms with van der Waals surface area (Å²) in [6.45, 7) is 3.14. The molecule has 162 valence electrons. The van der Waals surface area contributed by atoms with Crippen LogP contribution < -0.4 is 5.32 Å². The van der Waals surface area contributed by atoms with E-state index in [1.807, 2.05) is 31.2 Å². The van der Waals surface area contributed by atoms with Gasteiger partial charge in [-0.1, -0.05) is 61.0 Å². The second-order valence-electron chi connectivity index (χ2n) is 8.14. The van der Waals surface area contributed by atoms with E-state index in [-0.39, 0.29) is 18.4 Å². The first kappa shape index (κ1) is 21.5. The lowest BCUT2D eigenvalue weighted by Gasteiger charge is -2.25. The van der Waals surface area contributed by atoms with E-state index >= 15 is 0 Å². The average molecular weight is 437 g/mol. The molecule has 1 atom stereocenters. The lowest BCUT2D eigenvalue weighted by molar-refractivity contribution is -0.121. The standard InChI is InChI=1S/C25H28N2O3S/c1-19(23-11-7-9-21-8-3-4-10-24(21)23)26-25(28)18-20-12-14-22(15-13-20)31(29,30)27-16-5-2-6-17-27/h3-4,7-15,19H,2,5-6,16-18H2,1H3,(H,26,28). The van der Waals surface area contributed by atoms with Crippen LogP contribution in [0.4, 0.5) is 0 Å². The molecule has 1 unspecified atom stereocenters. The molecule has 1 N–H and O–H groups in total. The molecule has 3 aromatic rings. The van der Waals surface area contributed by atoms with E-state index in [0.717, 1.165) is 41.2 Å². The normalized spacial score (nSPS) is 16.2. The molecule has 1 aliphatic rings. The van der Waals surface area contributed by atoms with E-state index < -0.39 is 10.0 Å². The number of amides is 1. The molecule has 0 saturated carbocycles. The van der Waals surface area contributed by atoms with Crippen molar-refractivity contribution >= 4 is 26.7 Å². The number of sulfonamides is 1. The fourth-order valence-electron chi connectivity index (χ4n) is 4.22. The van der Waals surface area contributed by atoms with Crippen LogP contribution in [0.25, 0.3) is 10.8 Å². The summed E-state index contributed by atoms with van der Waals surface area (Å²) in [4.78, 5) is 12.9. The summed E-state index contributed by atoms with van der Waals surface area (Å²) >= 11 is 0. The highest BCUT2D eigenvalue weighted by Crippen LogP contribution is 2.24. The molecule has 31 heavy (non-hydrogen) atoms. The maximum atomic E-state index is 12.8. The number of nitrogens with one attached hydrogen (secondary N) is 1. The Kier molecular flexibility index (Phi) is 6.39. The molecule has 1 saturated heterocycles. The summed E-state index contributed by atoms with van der Waals surface area (Å²) in [6.07, 6.45) is 3.11. The van der Waals surface area contributed by atoms with Gasteiger partial charge in [0, 0.05) is 13.1 Å². The fourth-order valence-corrected chi connectivity index (χ4v) is 5.73. The zero-order chi connectivity index (χ0) is 21.8. The third-order valence-electron chi connectivity index (χ3n) is 5.91. The zero-order valence-corrected chi connectivity index (χ0v) is 18.6. The van der Waals surface area contributed by atoms with E-state index in [2.05, 4.69) is 23.5 Å². The molecule has 6 heteroatoms. The van der Waals surface area contributed by atoms with Crippen LogP contribution in [-0.2, 0) is 21.2 Å². The number of hydrogen-bond acceptors (Lipinski definition) is 3. The second kappa shape index (κ2) is 9.20. The Labute approximate surface area is 184 Å². The molecule has 5 nitrogen and oxygen atoms in total. The lowest BCUT2D eigenvalue weighted by atomic mass is 9.99. The van der Waals surface area contributed by atoms with Crippen molar-refractivity contribution in [2.75, 3.05) is 13.1 Å². The van der Waals surface area contributed by atoms with E-state index in [4.69, 9.17) is 0 Å². The first-order valence-electron chi connectivity index (χ1n) is 10.8. The van der Waals surface area contributed by atoms with Gasteiger partial charge in [0.25, 0.3) is 0 Å². The van der Waals surface area contributed by atoms with Gasteiger partial charge in [-0.2, -0.15) is 4.31 Å². The van der Waals surface area contributed by atoms with Gasteiger partial charge in [-0.25, -0.2) is 8.42 Å². The highest BCUT2D eigenvalue weighted by atomic mass is 32.2. The monoisotopic (exact) mass is 436 g/mol. The van der Waals surface area contributed by atoms with Crippen molar-refractivity contribution in [3.05, 3.63) is 77.9 Å². The number of rotatable bonds is 6. The molecular formula is C25H28N2O3S. The van der Waals surface area contributed by atoms with Gasteiger partial charge >= 0.3 is 0 Å². The summed E-state index contributed by atoms with van der Waals surface area (Å²) in [5.41, 5.74) is 1.87. The summed E-state index contributed by atoms with van der Waals surface area (Å²) < 4.78 is 27.1. The largest absolute Gasteiger partial charge is 0.349 e. The molecule has 3 aromatic carbocycles. The van der Waals surface area contributed by atoms with Crippen molar-refractivity contribution in [1.82, 2.24) is 9.62 Å². The zero-order valence-electron chi connectivity index (χ0n) is 17.8. The molecule has 1 amide bonds. The van der Waals surface area contributed by atoms with Crippen LogP contribution in [0.2, 0.25) is 0 Å². The van der Waals surface area contributed by atoms with Crippen molar-refractivity contribution in [3.63, 3.8) is 0 Å². The number of hydrogen-bond donors (Lipinski definition) is 1. The topological polar surface area (TPSA) is 66.5 Å². The Morgan fingerprint density at radius 3 is 2.35 bits per heavy atom. The predicted octanol–water partition coefficient (Wildman–Crippen LogP) is 4.43. The summed E-state index contributed by atoms with van der Waals surface area (Å²) in [5, 5.41) is 5.34. The lowest BCUT2D eigenvalue weighted by Crippen LogP contribution is -2.35. The van der Waals surface area contributed by atoms with Crippen LogP contribution in [0.5, 0.6) is 0 Å². The maximum Gasteiger partial charge on any atom is 0.243 e. The molecular weight excluding hydrogens is 408 g/mol. The molecule has 1 aliphatic heterocycles. The van der Waals surface area contributed by atoms with Crippen LogP contribution >= 0.6 is 0 Å². The van der Waals surface area contributed by atoms with Gasteiger partial charge in [0.15, 0.2) is 0 Å². The molecule has 0 bridgehead atoms.